The molecule has 0 aliphatic rings. The topological polar surface area (TPSA) is 79.9 Å². The summed E-state index contributed by atoms with van der Waals surface area (Å²) in [4.78, 5) is 25.4. The third-order valence-corrected chi connectivity index (χ3v) is 3.59. The number of carbonyl (C=O) groups excluding carboxylic acids is 2. The summed E-state index contributed by atoms with van der Waals surface area (Å²) < 4.78 is 10.4. The quantitative estimate of drug-likeness (QED) is 0.668. The molecular weight excluding hydrogens is 310 g/mol. The Bertz CT molecular complexity index is 545. The zero-order valence-corrected chi connectivity index (χ0v) is 14.8. The third kappa shape index (κ3) is 5.98. The Labute approximate surface area is 143 Å². The summed E-state index contributed by atoms with van der Waals surface area (Å²) in [7, 11) is 3.12. The van der Waals surface area contributed by atoms with E-state index in [2.05, 4.69) is 10.6 Å². The maximum absolute atomic E-state index is 12.0. The summed E-state index contributed by atoms with van der Waals surface area (Å²) >= 11 is 0. The Balaban J connectivity index is 2.38. The SMILES string of the molecule is CCN(CC)C(=O)NCCNC(=O)Cc1ccc(OC)c(OC)c1. The zero-order valence-electron chi connectivity index (χ0n) is 14.8. The smallest absolute Gasteiger partial charge is 0.317 e. The van der Waals surface area contributed by atoms with Gasteiger partial charge in [0.05, 0.1) is 20.6 Å². The van der Waals surface area contributed by atoms with Gasteiger partial charge in [0.1, 0.15) is 0 Å². The number of hydrogen-bond acceptors (Lipinski definition) is 4. The average molecular weight is 337 g/mol. The maximum atomic E-state index is 12.0. The standard InChI is InChI=1S/C17H27N3O4/c1-5-20(6-2)17(22)19-10-9-18-16(21)12-13-7-8-14(23-3)15(11-13)24-4/h7-8,11H,5-6,9-10,12H2,1-4H3,(H,18,21)(H,19,22). The van der Waals surface area contributed by atoms with E-state index in [1.165, 1.54) is 0 Å². The number of carbonyl (C=O) groups is 2. The van der Waals surface area contributed by atoms with E-state index in [9.17, 15) is 9.59 Å². The number of hydrogen-bond donors (Lipinski definition) is 2. The Morgan fingerprint density at radius 2 is 1.62 bits per heavy atom. The summed E-state index contributed by atoms with van der Waals surface area (Å²) in [5.74, 6) is 1.11. The highest BCUT2D eigenvalue weighted by Gasteiger charge is 2.10. The summed E-state index contributed by atoms with van der Waals surface area (Å²) in [5.41, 5.74) is 0.831. The molecular formula is C17H27N3O4. The second kappa shape index (κ2) is 10.4. The van der Waals surface area contributed by atoms with E-state index in [0.29, 0.717) is 37.7 Å². The number of methoxy groups -OCH3 is 2. The number of benzene rings is 1. The average Bonchev–Trinajstić information content (AvgIpc) is 2.59. The molecule has 0 aliphatic heterocycles. The molecule has 24 heavy (non-hydrogen) atoms. The van der Waals surface area contributed by atoms with E-state index in [1.54, 1.807) is 31.3 Å². The fourth-order valence-corrected chi connectivity index (χ4v) is 2.23. The molecule has 0 saturated heterocycles. The van der Waals surface area contributed by atoms with Crippen LogP contribution >= 0.6 is 0 Å². The number of nitrogens with zero attached hydrogens (tertiary/aromatic N) is 1. The molecule has 1 aromatic rings. The van der Waals surface area contributed by atoms with Gasteiger partial charge in [-0.25, -0.2) is 4.79 Å². The molecule has 3 amide bonds. The van der Waals surface area contributed by atoms with Crippen LogP contribution in [-0.4, -0.2) is 57.2 Å². The Morgan fingerprint density at radius 1 is 1.00 bits per heavy atom. The Hall–Kier alpha value is -2.44. The fraction of sp³-hybridized carbons (Fsp3) is 0.529. The second-order valence-corrected chi connectivity index (χ2v) is 5.12. The lowest BCUT2D eigenvalue weighted by atomic mass is 10.1. The van der Waals surface area contributed by atoms with Crippen LogP contribution in [0.1, 0.15) is 19.4 Å². The molecule has 2 N–H and O–H groups in total. The van der Waals surface area contributed by atoms with Crippen molar-refractivity contribution in [2.45, 2.75) is 20.3 Å². The van der Waals surface area contributed by atoms with Gasteiger partial charge >= 0.3 is 6.03 Å². The molecule has 0 unspecified atom stereocenters. The summed E-state index contributed by atoms with van der Waals surface area (Å²) in [5, 5.41) is 5.56. The highest BCUT2D eigenvalue weighted by molar-refractivity contribution is 5.79. The van der Waals surface area contributed by atoms with Gasteiger partial charge in [-0.15, -0.1) is 0 Å². The summed E-state index contributed by atoms with van der Waals surface area (Å²) in [6.45, 7) is 5.95. The van der Waals surface area contributed by atoms with Crippen LogP contribution in [-0.2, 0) is 11.2 Å². The molecule has 7 heteroatoms. The van der Waals surface area contributed by atoms with Crippen molar-refractivity contribution in [2.75, 3.05) is 40.4 Å². The summed E-state index contributed by atoms with van der Waals surface area (Å²) in [6.07, 6.45) is 0.240. The van der Waals surface area contributed by atoms with Gasteiger partial charge in [-0.2, -0.15) is 0 Å². The predicted octanol–water partition coefficient (Wildman–Crippen LogP) is 1.41. The maximum Gasteiger partial charge on any atom is 0.317 e. The van der Waals surface area contributed by atoms with Gasteiger partial charge in [-0.05, 0) is 31.5 Å². The van der Waals surface area contributed by atoms with E-state index >= 15 is 0 Å². The van der Waals surface area contributed by atoms with Crippen LogP contribution in [0, 0.1) is 0 Å². The molecule has 0 aliphatic carbocycles. The highest BCUT2D eigenvalue weighted by atomic mass is 16.5. The number of ether oxygens (including phenoxy) is 2. The molecule has 0 saturated carbocycles. The van der Waals surface area contributed by atoms with E-state index in [4.69, 9.17) is 9.47 Å². The van der Waals surface area contributed by atoms with Crippen LogP contribution in [0.15, 0.2) is 18.2 Å². The van der Waals surface area contributed by atoms with Gasteiger partial charge < -0.3 is 25.0 Å². The van der Waals surface area contributed by atoms with Crippen LogP contribution in [0.25, 0.3) is 0 Å². The molecule has 1 rings (SSSR count). The molecule has 0 atom stereocenters. The van der Waals surface area contributed by atoms with Gasteiger partial charge in [0, 0.05) is 26.2 Å². The molecule has 7 nitrogen and oxygen atoms in total. The van der Waals surface area contributed by atoms with Gasteiger partial charge in [-0.1, -0.05) is 6.07 Å². The molecule has 0 fully saturated rings. The number of rotatable bonds is 9. The van der Waals surface area contributed by atoms with Crippen molar-refractivity contribution >= 4 is 11.9 Å². The first-order valence-electron chi connectivity index (χ1n) is 8.06. The van der Waals surface area contributed by atoms with Gasteiger partial charge in [0.25, 0.3) is 0 Å². The normalized spacial score (nSPS) is 10.0. The zero-order chi connectivity index (χ0) is 17.9. The van der Waals surface area contributed by atoms with Crippen LogP contribution in [0.4, 0.5) is 4.79 Å². The first-order chi connectivity index (χ1) is 11.5. The van der Waals surface area contributed by atoms with Crippen molar-refractivity contribution in [2.24, 2.45) is 0 Å². The van der Waals surface area contributed by atoms with Crippen molar-refractivity contribution < 1.29 is 19.1 Å². The van der Waals surface area contributed by atoms with Gasteiger partial charge in [-0.3, -0.25) is 4.79 Å². The number of amides is 3. The number of urea groups is 1. The molecule has 0 bridgehead atoms. The molecule has 1 aromatic carbocycles. The lowest BCUT2D eigenvalue weighted by molar-refractivity contribution is -0.120. The van der Waals surface area contributed by atoms with Crippen molar-refractivity contribution in [3.8, 4) is 11.5 Å². The largest absolute Gasteiger partial charge is 0.493 e. The minimum absolute atomic E-state index is 0.112. The number of nitrogens with one attached hydrogen (secondary N) is 2. The second-order valence-electron chi connectivity index (χ2n) is 5.12. The lowest BCUT2D eigenvalue weighted by Crippen LogP contribution is -2.43. The lowest BCUT2D eigenvalue weighted by Gasteiger charge is -2.19. The first-order valence-corrected chi connectivity index (χ1v) is 8.06. The summed E-state index contributed by atoms with van der Waals surface area (Å²) in [6, 6.07) is 5.25. The van der Waals surface area contributed by atoms with Crippen LogP contribution < -0.4 is 20.1 Å². The molecule has 134 valence electrons. The Morgan fingerprint density at radius 3 is 2.21 bits per heavy atom. The third-order valence-electron chi connectivity index (χ3n) is 3.59. The van der Waals surface area contributed by atoms with Crippen molar-refractivity contribution in [3.05, 3.63) is 23.8 Å². The van der Waals surface area contributed by atoms with E-state index in [-0.39, 0.29) is 18.4 Å². The van der Waals surface area contributed by atoms with Gasteiger partial charge in [0.2, 0.25) is 5.91 Å². The van der Waals surface area contributed by atoms with E-state index < -0.39 is 0 Å². The van der Waals surface area contributed by atoms with Crippen LogP contribution in [0.5, 0.6) is 11.5 Å². The van der Waals surface area contributed by atoms with E-state index in [1.807, 2.05) is 19.9 Å². The van der Waals surface area contributed by atoms with Crippen molar-refractivity contribution in [1.29, 1.82) is 0 Å². The van der Waals surface area contributed by atoms with Crippen LogP contribution in [0.2, 0.25) is 0 Å². The Kier molecular flexibility index (Phi) is 8.46. The molecule has 0 spiro atoms. The molecule has 0 radical (unpaired) electrons. The molecule has 0 aromatic heterocycles. The van der Waals surface area contributed by atoms with Crippen LogP contribution in [0.3, 0.4) is 0 Å². The predicted molar refractivity (Wildman–Crippen MR) is 92.6 cm³/mol. The monoisotopic (exact) mass is 337 g/mol. The molecule has 0 heterocycles. The first kappa shape index (κ1) is 19.6. The fourth-order valence-electron chi connectivity index (χ4n) is 2.23. The van der Waals surface area contributed by atoms with E-state index in [0.717, 1.165) is 5.56 Å². The van der Waals surface area contributed by atoms with Crippen molar-refractivity contribution in [3.63, 3.8) is 0 Å². The van der Waals surface area contributed by atoms with Gasteiger partial charge in [0.15, 0.2) is 11.5 Å². The van der Waals surface area contributed by atoms with Crippen molar-refractivity contribution in [1.82, 2.24) is 15.5 Å². The minimum atomic E-state index is -0.117. The highest BCUT2D eigenvalue weighted by Crippen LogP contribution is 2.27. The minimum Gasteiger partial charge on any atom is -0.493 e.